The Labute approximate surface area is 210 Å². The van der Waals surface area contributed by atoms with Crippen LogP contribution in [-0.2, 0) is 11.2 Å². The van der Waals surface area contributed by atoms with Gasteiger partial charge in [-0.2, -0.15) is 0 Å². The van der Waals surface area contributed by atoms with Crippen molar-refractivity contribution < 1.29 is 19.1 Å². The molecular weight excluding hydrogens is 460 g/mol. The summed E-state index contributed by atoms with van der Waals surface area (Å²) in [6.45, 7) is 1.85. The van der Waals surface area contributed by atoms with Crippen LogP contribution < -0.4 is 9.47 Å². The molecule has 3 heterocycles. The third-order valence-electron chi connectivity index (χ3n) is 7.09. The molecule has 6 nitrogen and oxygen atoms in total. The Bertz CT molecular complexity index is 1180. The number of amides is 2. The zero-order chi connectivity index (χ0) is 24.4. The van der Waals surface area contributed by atoms with E-state index in [1.807, 2.05) is 23.1 Å². The quantitative estimate of drug-likeness (QED) is 0.516. The first kappa shape index (κ1) is 23.4. The largest absolute Gasteiger partial charge is 0.497 e. The van der Waals surface area contributed by atoms with Crippen molar-refractivity contribution in [2.75, 3.05) is 33.9 Å². The molecule has 1 saturated heterocycles. The molecule has 0 spiro atoms. The van der Waals surface area contributed by atoms with Gasteiger partial charge in [0.15, 0.2) is 0 Å². The fraction of sp³-hybridized carbons (Fsp3) is 0.357. The molecule has 1 unspecified atom stereocenters. The molecule has 2 amide bonds. The minimum Gasteiger partial charge on any atom is -0.497 e. The molecule has 1 fully saturated rings. The molecule has 2 aliphatic heterocycles. The van der Waals surface area contributed by atoms with Gasteiger partial charge in [-0.05, 0) is 54.0 Å². The Morgan fingerprint density at radius 2 is 1.60 bits per heavy atom. The highest BCUT2D eigenvalue weighted by atomic mass is 32.1. The molecule has 5 rings (SSSR count). The first-order chi connectivity index (χ1) is 17.1. The predicted molar refractivity (Wildman–Crippen MR) is 136 cm³/mol. The molecule has 0 N–H and O–H groups in total. The molecule has 35 heavy (non-hydrogen) atoms. The van der Waals surface area contributed by atoms with Crippen molar-refractivity contribution in [1.82, 2.24) is 9.80 Å². The summed E-state index contributed by atoms with van der Waals surface area (Å²) in [6, 6.07) is 17.7. The van der Waals surface area contributed by atoms with Gasteiger partial charge in [0, 0.05) is 42.1 Å². The van der Waals surface area contributed by atoms with E-state index in [-0.39, 0.29) is 23.8 Å². The third kappa shape index (κ3) is 4.65. The number of thiophene rings is 1. The second-order valence-electron chi connectivity index (χ2n) is 9.06. The molecule has 0 saturated carbocycles. The van der Waals surface area contributed by atoms with Gasteiger partial charge in [0.1, 0.15) is 11.5 Å². The number of ether oxygens (including phenoxy) is 2. The molecular formula is C28H30N2O4S. The van der Waals surface area contributed by atoms with Crippen LogP contribution in [0.1, 0.15) is 45.2 Å². The molecule has 0 radical (unpaired) electrons. The van der Waals surface area contributed by atoms with Crippen LogP contribution in [0.25, 0.3) is 0 Å². The van der Waals surface area contributed by atoms with Crippen molar-refractivity contribution in [2.24, 2.45) is 5.92 Å². The zero-order valence-electron chi connectivity index (χ0n) is 20.1. The van der Waals surface area contributed by atoms with Crippen LogP contribution in [0, 0.1) is 5.92 Å². The van der Waals surface area contributed by atoms with E-state index in [0.29, 0.717) is 43.0 Å². The average molecular weight is 491 g/mol. The van der Waals surface area contributed by atoms with Gasteiger partial charge in [0.05, 0.1) is 20.3 Å². The lowest BCUT2D eigenvalue weighted by atomic mass is 9.89. The topological polar surface area (TPSA) is 59.1 Å². The highest BCUT2D eigenvalue weighted by Gasteiger charge is 2.37. The van der Waals surface area contributed by atoms with Crippen molar-refractivity contribution in [3.8, 4) is 11.5 Å². The number of benzene rings is 2. The summed E-state index contributed by atoms with van der Waals surface area (Å²) in [5, 5.41) is 2.13. The molecule has 2 aliphatic rings. The highest BCUT2D eigenvalue weighted by molar-refractivity contribution is 7.10. The molecule has 182 valence electrons. The summed E-state index contributed by atoms with van der Waals surface area (Å²) in [6.07, 6.45) is 2.23. The molecule has 2 aromatic carbocycles. The number of carbonyl (C=O) groups excluding carboxylic acids is 2. The number of hydrogen-bond donors (Lipinski definition) is 0. The molecule has 1 aromatic heterocycles. The summed E-state index contributed by atoms with van der Waals surface area (Å²) in [5.41, 5.74) is 2.94. The maximum absolute atomic E-state index is 13.8. The SMILES string of the molecule is COc1cc(OC)cc(C(=O)N2CCC(C(=O)N3CCc4sccc4C3c3ccccc3)CC2)c1. The Hall–Kier alpha value is -3.32. The standard InChI is InChI=1S/C28H30N2O4S/c1-33-22-16-21(17-23(18-22)34-2)27(31)29-12-8-20(9-13-29)28(32)30-14-10-25-24(11-15-35-25)26(30)19-6-4-3-5-7-19/h3-7,11,15-18,20,26H,8-10,12-14H2,1-2H3. The Kier molecular flexibility index (Phi) is 6.77. The second-order valence-corrected chi connectivity index (χ2v) is 10.1. The van der Waals surface area contributed by atoms with Crippen LogP contribution >= 0.6 is 11.3 Å². The minimum absolute atomic E-state index is 0.0393. The van der Waals surface area contributed by atoms with E-state index < -0.39 is 0 Å². The van der Waals surface area contributed by atoms with E-state index >= 15 is 0 Å². The molecule has 3 aromatic rings. The van der Waals surface area contributed by atoms with Crippen molar-refractivity contribution in [3.05, 3.63) is 81.5 Å². The maximum atomic E-state index is 13.8. The molecule has 7 heteroatoms. The first-order valence-corrected chi connectivity index (χ1v) is 12.9. The van der Waals surface area contributed by atoms with Gasteiger partial charge in [-0.15, -0.1) is 11.3 Å². The van der Waals surface area contributed by atoms with Crippen LogP contribution in [-0.4, -0.2) is 55.5 Å². The molecule has 1 atom stereocenters. The van der Waals surface area contributed by atoms with Gasteiger partial charge < -0.3 is 19.3 Å². The van der Waals surface area contributed by atoms with Crippen molar-refractivity contribution >= 4 is 23.2 Å². The fourth-order valence-electron chi connectivity index (χ4n) is 5.23. The number of likely N-dealkylation sites (tertiary alicyclic amines) is 1. The summed E-state index contributed by atoms with van der Waals surface area (Å²) in [4.78, 5) is 32.2. The number of nitrogens with zero attached hydrogens (tertiary/aromatic N) is 2. The van der Waals surface area contributed by atoms with Crippen LogP contribution in [0.4, 0.5) is 0 Å². The van der Waals surface area contributed by atoms with Crippen LogP contribution in [0.3, 0.4) is 0 Å². The van der Waals surface area contributed by atoms with Gasteiger partial charge >= 0.3 is 0 Å². The lowest BCUT2D eigenvalue weighted by Gasteiger charge is -2.40. The van der Waals surface area contributed by atoms with E-state index in [0.717, 1.165) is 18.5 Å². The number of fused-ring (bicyclic) bond motifs is 1. The Morgan fingerprint density at radius 1 is 0.914 bits per heavy atom. The average Bonchev–Trinajstić information content (AvgIpc) is 3.41. The smallest absolute Gasteiger partial charge is 0.254 e. The lowest BCUT2D eigenvalue weighted by Crippen LogP contribution is -2.47. The summed E-state index contributed by atoms with van der Waals surface area (Å²) < 4.78 is 10.6. The number of piperidine rings is 1. The van der Waals surface area contributed by atoms with Crippen molar-refractivity contribution in [3.63, 3.8) is 0 Å². The highest BCUT2D eigenvalue weighted by Crippen LogP contribution is 2.39. The van der Waals surface area contributed by atoms with E-state index in [1.165, 1.54) is 10.4 Å². The summed E-state index contributed by atoms with van der Waals surface area (Å²) in [7, 11) is 3.14. The monoisotopic (exact) mass is 490 g/mol. The molecule has 0 bridgehead atoms. The zero-order valence-corrected chi connectivity index (χ0v) is 20.9. The second kappa shape index (κ2) is 10.1. The number of rotatable bonds is 5. The van der Waals surface area contributed by atoms with E-state index in [1.54, 1.807) is 43.8 Å². The van der Waals surface area contributed by atoms with Gasteiger partial charge in [0.25, 0.3) is 5.91 Å². The number of hydrogen-bond acceptors (Lipinski definition) is 5. The summed E-state index contributed by atoms with van der Waals surface area (Å²) in [5.74, 6) is 1.23. The van der Waals surface area contributed by atoms with Crippen molar-refractivity contribution in [2.45, 2.75) is 25.3 Å². The van der Waals surface area contributed by atoms with Crippen LogP contribution in [0.5, 0.6) is 11.5 Å². The van der Waals surface area contributed by atoms with Gasteiger partial charge in [0.2, 0.25) is 5.91 Å². The normalized spacial score (nSPS) is 18.2. The lowest BCUT2D eigenvalue weighted by molar-refractivity contribution is -0.139. The van der Waals surface area contributed by atoms with E-state index in [2.05, 4.69) is 28.5 Å². The first-order valence-electron chi connectivity index (χ1n) is 12.0. The van der Waals surface area contributed by atoms with E-state index in [4.69, 9.17) is 9.47 Å². The number of carbonyl (C=O) groups is 2. The van der Waals surface area contributed by atoms with Gasteiger partial charge in [-0.3, -0.25) is 9.59 Å². The Morgan fingerprint density at radius 3 is 2.26 bits per heavy atom. The maximum Gasteiger partial charge on any atom is 0.254 e. The van der Waals surface area contributed by atoms with Gasteiger partial charge in [-0.1, -0.05) is 30.3 Å². The van der Waals surface area contributed by atoms with Crippen LogP contribution in [0.15, 0.2) is 60.0 Å². The summed E-state index contributed by atoms with van der Waals surface area (Å²) >= 11 is 1.78. The minimum atomic E-state index is -0.0784. The van der Waals surface area contributed by atoms with Crippen LogP contribution in [0.2, 0.25) is 0 Å². The fourth-order valence-corrected chi connectivity index (χ4v) is 6.13. The van der Waals surface area contributed by atoms with Crippen molar-refractivity contribution in [1.29, 1.82) is 0 Å². The predicted octanol–water partition coefficient (Wildman–Crippen LogP) is 4.79. The van der Waals surface area contributed by atoms with E-state index in [9.17, 15) is 9.59 Å². The third-order valence-corrected chi connectivity index (χ3v) is 8.09. The number of methoxy groups -OCH3 is 2. The van der Waals surface area contributed by atoms with Gasteiger partial charge in [-0.25, -0.2) is 0 Å². The Balaban J connectivity index is 1.30. The molecule has 0 aliphatic carbocycles.